The smallest absolute Gasteiger partial charge is 0.315 e. The monoisotopic (exact) mass is 310 g/mol. The molecule has 0 saturated heterocycles. The average Bonchev–Trinajstić information content (AvgIpc) is 3.06. The molecule has 3 N–H and O–H groups in total. The van der Waals surface area contributed by atoms with Crippen LogP contribution in [0.3, 0.4) is 0 Å². The molecule has 0 aliphatic heterocycles. The van der Waals surface area contributed by atoms with Crippen LogP contribution < -0.4 is 10.6 Å². The molecule has 0 spiro atoms. The lowest BCUT2D eigenvalue weighted by Gasteiger charge is -2.17. The van der Waals surface area contributed by atoms with Gasteiger partial charge in [-0.1, -0.05) is 48.5 Å². The molecule has 4 nitrogen and oxygen atoms in total. The van der Waals surface area contributed by atoms with Gasteiger partial charge in [-0.05, 0) is 41.5 Å². The van der Waals surface area contributed by atoms with Gasteiger partial charge in [0.25, 0.3) is 0 Å². The molecule has 1 aliphatic rings. The minimum absolute atomic E-state index is 0.129. The first-order valence-corrected chi connectivity index (χ1v) is 8.07. The molecule has 0 fully saturated rings. The number of aryl methyl sites for hydroxylation is 2. The molecule has 1 aliphatic carbocycles. The van der Waals surface area contributed by atoms with Crippen LogP contribution in [0.2, 0.25) is 0 Å². The lowest BCUT2D eigenvalue weighted by Crippen LogP contribution is -2.38. The van der Waals surface area contributed by atoms with Crippen molar-refractivity contribution < 1.29 is 9.90 Å². The molecule has 1 unspecified atom stereocenters. The Hall–Kier alpha value is -2.33. The maximum Gasteiger partial charge on any atom is 0.315 e. The Morgan fingerprint density at radius 1 is 1.09 bits per heavy atom. The second-order valence-corrected chi connectivity index (χ2v) is 5.93. The highest BCUT2D eigenvalue weighted by molar-refractivity contribution is 5.74. The van der Waals surface area contributed by atoms with Gasteiger partial charge in [-0.3, -0.25) is 0 Å². The predicted octanol–water partition coefficient (Wildman–Crippen LogP) is 2.71. The normalized spacial score (nSPS) is 14.1. The zero-order valence-electron chi connectivity index (χ0n) is 13.1. The lowest BCUT2D eigenvalue weighted by molar-refractivity contribution is 0.216. The Kier molecular flexibility index (Phi) is 4.93. The Bertz CT molecular complexity index is 670. The summed E-state index contributed by atoms with van der Waals surface area (Å²) in [6.45, 7) is 0.363. The van der Waals surface area contributed by atoms with E-state index in [0.717, 1.165) is 17.5 Å². The zero-order chi connectivity index (χ0) is 16.1. The summed E-state index contributed by atoms with van der Waals surface area (Å²) in [6, 6.07) is 15.2. The summed E-state index contributed by atoms with van der Waals surface area (Å²) in [5, 5.41) is 15.1. The number of aliphatic hydroxyl groups is 1. The van der Waals surface area contributed by atoms with Gasteiger partial charge >= 0.3 is 6.03 Å². The van der Waals surface area contributed by atoms with Crippen molar-refractivity contribution in [2.75, 3.05) is 6.61 Å². The van der Waals surface area contributed by atoms with Crippen LogP contribution in [0, 0.1) is 0 Å². The second-order valence-electron chi connectivity index (χ2n) is 5.93. The number of carbonyl (C=O) groups is 1. The first-order valence-electron chi connectivity index (χ1n) is 8.07. The molecule has 2 aromatic rings. The van der Waals surface area contributed by atoms with E-state index < -0.39 is 6.04 Å². The molecule has 0 aromatic heterocycles. The topological polar surface area (TPSA) is 61.4 Å². The van der Waals surface area contributed by atoms with E-state index in [-0.39, 0.29) is 12.6 Å². The van der Waals surface area contributed by atoms with Crippen LogP contribution in [0.15, 0.2) is 48.5 Å². The number of benzene rings is 2. The molecular weight excluding hydrogens is 288 g/mol. The molecule has 3 rings (SSSR count). The van der Waals surface area contributed by atoms with E-state index in [2.05, 4.69) is 28.8 Å². The Morgan fingerprint density at radius 2 is 1.87 bits per heavy atom. The third kappa shape index (κ3) is 3.90. The van der Waals surface area contributed by atoms with Crippen LogP contribution in [0.25, 0.3) is 0 Å². The van der Waals surface area contributed by atoms with Gasteiger partial charge < -0.3 is 15.7 Å². The Balaban J connectivity index is 1.55. The first-order chi connectivity index (χ1) is 11.3. The number of hydrogen-bond acceptors (Lipinski definition) is 2. The van der Waals surface area contributed by atoms with E-state index in [0.29, 0.717) is 6.54 Å². The summed E-state index contributed by atoms with van der Waals surface area (Å²) in [6.07, 6.45) is 3.52. The third-order valence-electron chi connectivity index (χ3n) is 4.31. The van der Waals surface area contributed by atoms with E-state index in [1.807, 2.05) is 30.3 Å². The van der Waals surface area contributed by atoms with E-state index >= 15 is 0 Å². The fourth-order valence-electron chi connectivity index (χ4n) is 3.05. The van der Waals surface area contributed by atoms with Crippen LogP contribution in [0.1, 0.15) is 34.7 Å². The first kappa shape index (κ1) is 15.6. The number of hydrogen-bond donors (Lipinski definition) is 3. The van der Waals surface area contributed by atoms with Gasteiger partial charge in [0.1, 0.15) is 0 Å². The Labute approximate surface area is 136 Å². The highest BCUT2D eigenvalue weighted by Gasteiger charge is 2.14. The second kappa shape index (κ2) is 7.29. The minimum Gasteiger partial charge on any atom is -0.394 e. The van der Waals surface area contributed by atoms with Gasteiger partial charge in [-0.2, -0.15) is 0 Å². The zero-order valence-corrected chi connectivity index (χ0v) is 13.1. The molecule has 2 amide bonds. The molecule has 0 bridgehead atoms. The number of carbonyl (C=O) groups excluding carboxylic acids is 1. The molecule has 0 saturated carbocycles. The summed E-state index contributed by atoms with van der Waals surface area (Å²) >= 11 is 0. The summed E-state index contributed by atoms with van der Waals surface area (Å²) in [5.41, 5.74) is 4.84. The van der Waals surface area contributed by atoms with Crippen molar-refractivity contribution in [3.63, 3.8) is 0 Å². The highest BCUT2D eigenvalue weighted by Crippen LogP contribution is 2.22. The number of aliphatic hydroxyl groups excluding tert-OH is 1. The van der Waals surface area contributed by atoms with Crippen LogP contribution in [0.4, 0.5) is 4.79 Å². The van der Waals surface area contributed by atoms with Gasteiger partial charge in [0.05, 0.1) is 12.6 Å². The van der Waals surface area contributed by atoms with Gasteiger partial charge in [-0.25, -0.2) is 4.79 Å². The quantitative estimate of drug-likeness (QED) is 0.795. The molecular formula is C19H22N2O2. The third-order valence-corrected chi connectivity index (χ3v) is 4.31. The van der Waals surface area contributed by atoms with Gasteiger partial charge in [0.2, 0.25) is 0 Å². The van der Waals surface area contributed by atoms with Crippen LogP contribution in [-0.2, 0) is 19.4 Å². The van der Waals surface area contributed by atoms with Crippen LogP contribution >= 0.6 is 0 Å². The van der Waals surface area contributed by atoms with Crippen molar-refractivity contribution in [1.82, 2.24) is 10.6 Å². The standard InChI is InChI=1S/C19H22N2O2/c22-13-18(16-5-2-1-3-6-16)21-19(23)20-12-14-9-10-15-7-4-8-17(15)11-14/h1-3,5-6,9-11,18,22H,4,7-8,12-13H2,(H2,20,21,23). The summed E-state index contributed by atoms with van der Waals surface area (Å²) in [5.74, 6) is 0. The molecule has 4 heteroatoms. The predicted molar refractivity (Wildman–Crippen MR) is 90.1 cm³/mol. The van der Waals surface area contributed by atoms with Crippen molar-refractivity contribution in [2.45, 2.75) is 31.8 Å². The Morgan fingerprint density at radius 3 is 2.65 bits per heavy atom. The molecule has 23 heavy (non-hydrogen) atoms. The number of amides is 2. The van der Waals surface area contributed by atoms with E-state index in [1.54, 1.807) is 0 Å². The molecule has 1 atom stereocenters. The van der Waals surface area contributed by atoms with Crippen molar-refractivity contribution >= 4 is 6.03 Å². The fraction of sp³-hybridized carbons (Fsp3) is 0.316. The largest absolute Gasteiger partial charge is 0.394 e. The maximum absolute atomic E-state index is 12.1. The number of fused-ring (bicyclic) bond motifs is 1. The van der Waals surface area contributed by atoms with Gasteiger partial charge in [0.15, 0.2) is 0 Å². The van der Waals surface area contributed by atoms with Crippen molar-refractivity contribution in [2.24, 2.45) is 0 Å². The van der Waals surface area contributed by atoms with Crippen LogP contribution in [0.5, 0.6) is 0 Å². The van der Waals surface area contributed by atoms with E-state index in [1.165, 1.54) is 24.0 Å². The van der Waals surface area contributed by atoms with Crippen LogP contribution in [-0.4, -0.2) is 17.7 Å². The number of rotatable bonds is 5. The summed E-state index contributed by atoms with van der Waals surface area (Å²) in [4.78, 5) is 12.1. The van der Waals surface area contributed by atoms with Gasteiger partial charge in [0, 0.05) is 6.54 Å². The van der Waals surface area contributed by atoms with E-state index in [4.69, 9.17) is 0 Å². The van der Waals surface area contributed by atoms with Crippen molar-refractivity contribution in [1.29, 1.82) is 0 Å². The average molecular weight is 310 g/mol. The lowest BCUT2D eigenvalue weighted by atomic mass is 10.1. The van der Waals surface area contributed by atoms with E-state index in [9.17, 15) is 9.90 Å². The summed E-state index contributed by atoms with van der Waals surface area (Å²) in [7, 11) is 0. The van der Waals surface area contributed by atoms with Gasteiger partial charge in [-0.15, -0.1) is 0 Å². The maximum atomic E-state index is 12.1. The molecule has 2 aromatic carbocycles. The minimum atomic E-state index is -0.392. The van der Waals surface area contributed by atoms with Crippen molar-refractivity contribution in [3.8, 4) is 0 Å². The van der Waals surface area contributed by atoms with Crippen molar-refractivity contribution in [3.05, 3.63) is 70.8 Å². The molecule has 0 heterocycles. The number of nitrogens with one attached hydrogen (secondary N) is 2. The molecule has 120 valence electrons. The SMILES string of the molecule is O=C(NCc1ccc2c(c1)CCC2)NC(CO)c1ccccc1. The number of urea groups is 1. The highest BCUT2D eigenvalue weighted by atomic mass is 16.3. The molecule has 0 radical (unpaired) electrons. The fourth-order valence-corrected chi connectivity index (χ4v) is 3.05. The summed E-state index contributed by atoms with van der Waals surface area (Å²) < 4.78 is 0.